The third-order valence-electron chi connectivity index (χ3n) is 1.76. The van der Waals surface area contributed by atoms with Gasteiger partial charge < -0.3 is 10.1 Å². The summed E-state index contributed by atoms with van der Waals surface area (Å²) in [5.41, 5.74) is 0.700. The van der Waals surface area contributed by atoms with Crippen molar-refractivity contribution in [1.29, 1.82) is 0 Å². The molecule has 14 heavy (non-hydrogen) atoms. The minimum absolute atomic E-state index is 0.0572. The fourth-order valence-corrected chi connectivity index (χ4v) is 1.14. The lowest BCUT2D eigenvalue weighted by atomic mass is 10.2. The second-order valence-electron chi connectivity index (χ2n) is 2.67. The van der Waals surface area contributed by atoms with Crippen LogP contribution in [0.4, 0.5) is 11.4 Å². The molecule has 0 saturated heterocycles. The quantitative estimate of drug-likeness (QED) is 0.591. The number of nitrogens with one attached hydrogen (secondary N) is 1. The monoisotopic (exact) mass is 196 g/mol. The van der Waals surface area contributed by atoms with Crippen LogP contribution in [-0.4, -0.2) is 18.6 Å². The zero-order valence-electron chi connectivity index (χ0n) is 8.11. The molecule has 5 heteroatoms. The van der Waals surface area contributed by atoms with E-state index < -0.39 is 4.92 Å². The van der Waals surface area contributed by atoms with Crippen LogP contribution in [0, 0.1) is 10.1 Å². The summed E-state index contributed by atoms with van der Waals surface area (Å²) in [4.78, 5) is 10.1. The van der Waals surface area contributed by atoms with Crippen LogP contribution in [0.25, 0.3) is 0 Å². The maximum Gasteiger partial charge on any atom is 0.271 e. The van der Waals surface area contributed by atoms with Gasteiger partial charge in [0.05, 0.1) is 17.7 Å². The van der Waals surface area contributed by atoms with Gasteiger partial charge in [-0.3, -0.25) is 10.1 Å². The summed E-state index contributed by atoms with van der Waals surface area (Å²) in [5.74, 6) is 0.609. The van der Waals surface area contributed by atoms with Gasteiger partial charge >= 0.3 is 0 Å². The van der Waals surface area contributed by atoms with E-state index >= 15 is 0 Å². The minimum Gasteiger partial charge on any atom is -0.495 e. The Morgan fingerprint density at radius 3 is 2.79 bits per heavy atom. The van der Waals surface area contributed by atoms with Gasteiger partial charge in [0.2, 0.25) is 0 Å². The number of ether oxygens (including phenoxy) is 1. The highest BCUT2D eigenvalue weighted by Crippen LogP contribution is 2.28. The molecule has 0 fully saturated rings. The summed E-state index contributed by atoms with van der Waals surface area (Å²) in [7, 11) is 1.53. The Labute approximate surface area is 81.8 Å². The van der Waals surface area contributed by atoms with Crippen LogP contribution in [-0.2, 0) is 0 Å². The molecule has 0 unspecified atom stereocenters. The first kappa shape index (κ1) is 10.3. The van der Waals surface area contributed by atoms with E-state index in [1.54, 1.807) is 6.07 Å². The van der Waals surface area contributed by atoms with Crippen molar-refractivity contribution in [1.82, 2.24) is 0 Å². The van der Waals surface area contributed by atoms with Crippen LogP contribution in [0.2, 0.25) is 0 Å². The van der Waals surface area contributed by atoms with Crippen molar-refractivity contribution in [3.8, 4) is 5.75 Å². The highest BCUT2D eigenvalue weighted by atomic mass is 16.6. The normalized spacial score (nSPS) is 9.57. The van der Waals surface area contributed by atoms with E-state index in [-0.39, 0.29) is 5.69 Å². The van der Waals surface area contributed by atoms with Gasteiger partial charge in [-0.25, -0.2) is 0 Å². The molecule has 1 rings (SSSR count). The first-order valence-corrected chi connectivity index (χ1v) is 4.25. The van der Waals surface area contributed by atoms with E-state index in [1.807, 2.05) is 6.92 Å². The lowest BCUT2D eigenvalue weighted by Crippen LogP contribution is -2.00. The fraction of sp³-hybridized carbons (Fsp3) is 0.333. The van der Waals surface area contributed by atoms with Gasteiger partial charge in [0.15, 0.2) is 0 Å². The lowest BCUT2D eigenvalue weighted by Gasteiger charge is -2.08. The Bertz CT molecular complexity index is 339. The van der Waals surface area contributed by atoms with Gasteiger partial charge in [0, 0.05) is 18.7 Å². The Hall–Kier alpha value is -1.78. The topological polar surface area (TPSA) is 64.4 Å². The third kappa shape index (κ3) is 2.12. The van der Waals surface area contributed by atoms with Crippen molar-refractivity contribution in [2.75, 3.05) is 19.0 Å². The smallest absolute Gasteiger partial charge is 0.271 e. The maximum atomic E-state index is 10.5. The van der Waals surface area contributed by atoms with E-state index in [1.165, 1.54) is 19.2 Å². The predicted molar refractivity (Wildman–Crippen MR) is 53.8 cm³/mol. The summed E-state index contributed by atoms with van der Waals surface area (Å²) < 4.78 is 5.05. The van der Waals surface area contributed by atoms with Crippen molar-refractivity contribution in [2.45, 2.75) is 6.92 Å². The number of hydrogen-bond acceptors (Lipinski definition) is 4. The molecule has 0 spiro atoms. The van der Waals surface area contributed by atoms with E-state index in [4.69, 9.17) is 4.74 Å². The average molecular weight is 196 g/mol. The molecule has 0 aliphatic rings. The molecular formula is C9H12N2O3. The van der Waals surface area contributed by atoms with Crippen molar-refractivity contribution in [3.63, 3.8) is 0 Å². The summed E-state index contributed by atoms with van der Waals surface area (Å²) >= 11 is 0. The third-order valence-corrected chi connectivity index (χ3v) is 1.76. The van der Waals surface area contributed by atoms with Crippen LogP contribution >= 0.6 is 0 Å². The van der Waals surface area contributed by atoms with Crippen LogP contribution in [0.15, 0.2) is 18.2 Å². The van der Waals surface area contributed by atoms with Crippen LogP contribution in [0.3, 0.4) is 0 Å². The first-order chi connectivity index (χ1) is 6.69. The van der Waals surface area contributed by atoms with Crippen LogP contribution in [0.1, 0.15) is 6.92 Å². The number of nitrogens with zero attached hydrogens (tertiary/aromatic N) is 1. The molecule has 1 N–H and O–H groups in total. The number of methoxy groups -OCH3 is 1. The second kappa shape index (κ2) is 4.45. The zero-order valence-corrected chi connectivity index (χ0v) is 8.11. The first-order valence-electron chi connectivity index (χ1n) is 4.25. The highest BCUT2D eigenvalue weighted by Gasteiger charge is 2.09. The zero-order chi connectivity index (χ0) is 10.6. The molecule has 0 aliphatic carbocycles. The Morgan fingerprint density at radius 2 is 2.29 bits per heavy atom. The highest BCUT2D eigenvalue weighted by molar-refractivity contribution is 5.61. The largest absolute Gasteiger partial charge is 0.495 e. The number of nitro groups is 1. The molecule has 0 heterocycles. The molecule has 0 radical (unpaired) electrons. The molecule has 76 valence electrons. The summed E-state index contributed by atoms with van der Waals surface area (Å²) in [6.07, 6.45) is 0. The predicted octanol–water partition coefficient (Wildman–Crippen LogP) is 2.04. The summed E-state index contributed by atoms with van der Waals surface area (Å²) in [5, 5.41) is 13.5. The Morgan fingerprint density at radius 1 is 1.57 bits per heavy atom. The van der Waals surface area contributed by atoms with Gasteiger partial charge in [-0.15, -0.1) is 0 Å². The minimum atomic E-state index is -0.430. The molecule has 0 bridgehead atoms. The number of rotatable bonds is 4. The summed E-state index contributed by atoms with van der Waals surface area (Å²) in [6.45, 7) is 2.61. The molecule has 1 aromatic carbocycles. The van der Waals surface area contributed by atoms with Gasteiger partial charge in [-0.1, -0.05) is 0 Å². The molecule has 0 amide bonds. The fourth-order valence-electron chi connectivity index (χ4n) is 1.14. The Balaban J connectivity index is 3.07. The van der Waals surface area contributed by atoms with Crippen molar-refractivity contribution >= 4 is 11.4 Å². The van der Waals surface area contributed by atoms with Gasteiger partial charge in [0.1, 0.15) is 5.75 Å². The van der Waals surface area contributed by atoms with Gasteiger partial charge in [0.25, 0.3) is 5.69 Å². The van der Waals surface area contributed by atoms with Crippen molar-refractivity contribution in [3.05, 3.63) is 28.3 Å². The Kier molecular flexibility index (Phi) is 3.28. The van der Waals surface area contributed by atoms with Gasteiger partial charge in [-0.2, -0.15) is 0 Å². The van der Waals surface area contributed by atoms with E-state index in [2.05, 4.69) is 5.32 Å². The molecule has 0 aliphatic heterocycles. The number of nitro benzene ring substituents is 1. The molecule has 1 aromatic rings. The molecule has 0 aromatic heterocycles. The number of non-ortho nitro benzene ring substituents is 1. The van der Waals surface area contributed by atoms with E-state index in [0.717, 1.165) is 0 Å². The van der Waals surface area contributed by atoms with Gasteiger partial charge in [-0.05, 0) is 13.0 Å². The average Bonchev–Trinajstić information content (AvgIpc) is 2.18. The SMILES string of the molecule is CCNc1cc([N+](=O)[O-])ccc1OC. The van der Waals surface area contributed by atoms with Crippen LogP contribution < -0.4 is 10.1 Å². The molecule has 5 nitrogen and oxygen atoms in total. The number of benzene rings is 1. The second-order valence-corrected chi connectivity index (χ2v) is 2.67. The summed E-state index contributed by atoms with van der Waals surface area (Å²) in [6, 6.07) is 4.46. The maximum absolute atomic E-state index is 10.5. The number of anilines is 1. The van der Waals surface area contributed by atoms with E-state index in [0.29, 0.717) is 18.0 Å². The number of hydrogen-bond donors (Lipinski definition) is 1. The standard InChI is InChI=1S/C9H12N2O3/c1-3-10-8-6-7(11(12)13)4-5-9(8)14-2/h4-6,10H,3H2,1-2H3. The molecule has 0 atom stereocenters. The molecule has 0 saturated carbocycles. The van der Waals surface area contributed by atoms with Crippen LogP contribution in [0.5, 0.6) is 5.75 Å². The molecular weight excluding hydrogens is 184 g/mol. The van der Waals surface area contributed by atoms with E-state index in [9.17, 15) is 10.1 Å². The van der Waals surface area contributed by atoms with Crippen molar-refractivity contribution in [2.24, 2.45) is 0 Å². The van der Waals surface area contributed by atoms with Crippen molar-refractivity contribution < 1.29 is 9.66 Å². The lowest BCUT2D eigenvalue weighted by molar-refractivity contribution is -0.384.